The quantitative estimate of drug-likeness (QED) is 0.762. The van der Waals surface area contributed by atoms with Crippen molar-refractivity contribution in [1.29, 1.82) is 0 Å². The van der Waals surface area contributed by atoms with E-state index in [4.69, 9.17) is 5.73 Å². The SMILES string of the molecule is CC(C)n1c(-c2nccnc2N)nc2ccccc21. The maximum Gasteiger partial charge on any atom is 0.163 e. The molecule has 3 rings (SSSR count). The summed E-state index contributed by atoms with van der Waals surface area (Å²) in [6, 6.07) is 8.29. The third kappa shape index (κ3) is 1.83. The van der Waals surface area contributed by atoms with E-state index in [1.54, 1.807) is 12.4 Å². The monoisotopic (exact) mass is 253 g/mol. The van der Waals surface area contributed by atoms with Crippen LogP contribution in [-0.2, 0) is 0 Å². The highest BCUT2D eigenvalue weighted by atomic mass is 15.1. The molecular weight excluding hydrogens is 238 g/mol. The number of nitrogens with zero attached hydrogens (tertiary/aromatic N) is 4. The Bertz CT molecular complexity index is 730. The lowest BCUT2D eigenvalue weighted by molar-refractivity contribution is 0.623. The summed E-state index contributed by atoms with van der Waals surface area (Å²) in [4.78, 5) is 13.0. The Morgan fingerprint density at radius 3 is 2.58 bits per heavy atom. The molecule has 5 heteroatoms. The van der Waals surface area contributed by atoms with Crippen LogP contribution in [-0.4, -0.2) is 19.5 Å². The molecule has 0 atom stereocenters. The highest BCUT2D eigenvalue weighted by molar-refractivity contribution is 5.81. The van der Waals surface area contributed by atoms with E-state index in [-0.39, 0.29) is 6.04 Å². The Hall–Kier alpha value is -2.43. The zero-order valence-electron chi connectivity index (χ0n) is 10.9. The fourth-order valence-electron chi connectivity index (χ4n) is 2.26. The number of nitrogens with two attached hydrogens (primary N) is 1. The second-order valence-corrected chi connectivity index (χ2v) is 4.68. The molecule has 0 aliphatic heterocycles. The smallest absolute Gasteiger partial charge is 0.163 e. The fraction of sp³-hybridized carbons (Fsp3) is 0.214. The third-order valence-electron chi connectivity index (χ3n) is 3.05. The second kappa shape index (κ2) is 4.35. The molecule has 0 bridgehead atoms. The van der Waals surface area contributed by atoms with Crippen LogP contribution in [0.1, 0.15) is 19.9 Å². The predicted molar refractivity (Wildman–Crippen MR) is 75.6 cm³/mol. The van der Waals surface area contributed by atoms with Gasteiger partial charge in [0.25, 0.3) is 0 Å². The minimum Gasteiger partial charge on any atom is -0.382 e. The van der Waals surface area contributed by atoms with Crippen LogP contribution in [0, 0.1) is 0 Å². The summed E-state index contributed by atoms with van der Waals surface area (Å²) >= 11 is 0. The van der Waals surface area contributed by atoms with Crippen LogP contribution < -0.4 is 5.73 Å². The van der Waals surface area contributed by atoms with Crippen LogP contribution in [0.15, 0.2) is 36.7 Å². The van der Waals surface area contributed by atoms with Crippen LogP contribution in [0.4, 0.5) is 5.82 Å². The van der Waals surface area contributed by atoms with Crippen molar-refractivity contribution in [2.75, 3.05) is 5.73 Å². The van der Waals surface area contributed by atoms with Gasteiger partial charge in [0, 0.05) is 18.4 Å². The van der Waals surface area contributed by atoms with Crippen molar-refractivity contribution in [1.82, 2.24) is 19.5 Å². The van der Waals surface area contributed by atoms with Gasteiger partial charge in [0.2, 0.25) is 0 Å². The van der Waals surface area contributed by atoms with Gasteiger partial charge in [0.15, 0.2) is 11.6 Å². The zero-order valence-corrected chi connectivity index (χ0v) is 10.9. The number of nitrogen functional groups attached to an aromatic ring is 1. The summed E-state index contributed by atoms with van der Waals surface area (Å²) in [5, 5.41) is 0. The molecule has 2 N–H and O–H groups in total. The Morgan fingerprint density at radius 1 is 1.11 bits per heavy atom. The van der Waals surface area contributed by atoms with Crippen molar-refractivity contribution in [3.05, 3.63) is 36.7 Å². The topological polar surface area (TPSA) is 69.6 Å². The van der Waals surface area contributed by atoms with Crippen molar-refractivity contribution in [2.45, 2.75) is 19.9 Å². The van der Waals surface area contributed by atoms with Gasteiger partial charge >= 0.3 is 0 Å². The first-order valence-electron chi connectivity index (χ1n) is 6.22. The van der Waals surface area contributed by atoms with E-state index in [9.17, 15) is 0 Å². The van der Waals surface area contributed by atoms with Gasteiger partial charge in [-0.2, -0.15) is 0 Å². The summed E-state index contributed by atoms with van der Waals surface area (Å²) in [5.41, 5.74) is 8.57. The molecule has 0 unspecified atom stereocenters. The second-order valence-electron chi connectivity index (χ2n) is 4.68. The van der Waals surface area contributed by atoms with Crippen molar-refractivity contribution in [3.8, 4) is 11.5 Å². The Morgan fingerprint density at radius 2 is 1.84 bits per heavy atom. The maximum absolute atomic E-state index is 5.92. The molecule has 2 aromatic heterocycles. The summed E-state index contributed by atoms with van der Waals surface area (Å²) in [6.45, 7) is 4.23. The predicted octanol–water partition coefficient (Wildman–Crippen LogP) is 2.66. The van der Waals surface area contributed by atoms with E-state index >= 15 is 0 Å². The highest BCUT2D eigenvalue weighted by Gasteiger charge is 2.17. The number of imidazole rings is 1. The number of benzene rings is 1. The first-order valence-corrected chi connectivity index (χ1v) is 6.22. The van der Waals surface area contributed by atoms with Gasteiger partial charge < -0.3 is 10.3 Å². The number of anilines is 1. The number of aromatic nitrogens is 4. The van der Waals surface area contributed by atoms with E-state index in [0.717, 1.165) is 16.9 Å². The fourth-order valence-corrected chi connectivity index (χ4v) is 2.26. The van der Waals surface area contributed by atoms with Crippen LogP contribution >= 0.6 is 0 Å². The number of hydrogen-bond acceptors (Lipinski definition) is 4. The molecule has 0 fully saturated rings. The van der Waals surface area contributed by atoms with Gasteiger partial charge in [0.05, 0.1) is 11.0 Å². The summed E-state index contributed by atoms with van der Waals surface area (Å²) in [7, 11) is 0. The molecule has 19 heavy (non-hydrogen) atoms. The molecule has 5 nitrogen and oxygen atoms in total. The normalized spacial score (nSPS) is 11.3. The maximum atomic E-state index is 5.92. The highest BCUT2D eigenvalue weighted by Crippen LogP contribution is 2.28. The number of hydrogen-bond donors (Lipinski definition) is 1. The van der Waals surface area contributed by atoms with Crippen LogP contribution in [0.5, 0.6) is 0 Å². The first-order chi connectivity index (χ1) is 9.18. The van der Waals surface area contributed by atoms with Crippen LogP contribution in [0.3, 0.4) is 0 Å². The molecule has 0 saturated carbocycles. The number of rotatable bonds is 2. The lowest BCUT2D eigenvalue weighted by Gasteiger charge is -2.13. The molecule has 0 radical (unpaired) electrons. The van der Waals surface area contributed by atoms with Crippen molar-refractivity contribution >= 4 is 16.9 Å². The summed E-state index contributed by atoms with van der Waals surface area (Å²) < 4.78 is 2.13. The van der Waals surface area contributed by atoms with Crippen molar-refractivity contribution in [3.63, 3.8) is 0 Å². The summed E-state index contributed by atoms with van der Waals surface area (Å²) in [5.74, 6) is 1.17. The minimum atomic E-state index is 0.267. The third-order valence-corrected chi connectivity index (χ3v) is 3.05. The van der Waals surface area contributed by atoms with Crippen molar-refractivity contribution < 1.29 is 0 Å². The van der Waals surface area contributed by atoms with Crippen LogP contribution in [0.25, 0.3) is 22.6 Å². The lowest BCUT2D eigenvalue weighted by atomic mass is 10.3. The van der Waals surface area contributed by atoms with E-state index in [1.807, 2.05) is 18.2 Å². The standard InChI is InChI=1S/C14H15N5/c1-9(2)19-11-6-4-3-5-10(11)18-14(19)12-13(15)17-8-7-16-12/h3-9H,1-2H3,(H2,15,17). The Labute approximate surface area is 111 Å². The molecule has 96 valence electrons. The van der Waals surface area contributed by atoms with Crippen LogP contribution in [0.2, 0.25) is 0 Å². The van der Waals surface area contributed by atoms with E-state index in [2.05, 4.69) is 39.4 Å². The van der Waals surface area contributed by atoms with Crippen molar-refractivity contribution in [2.24, 2.45) is 0 Å². The van der Waals surface area contributed by atoms with Gasteiger partial charge in [-0.1, -0.05) is 12.1 Å². The molecule has 3 aromatic rings. The molecule has 0 aliphatic carbocycles. The first kappa shape index (κ1) is 11.6. The van der Waals surface area contributed by atoms with Gasteiger partial charge in [-0.15, -0.1) is 0 Å². The van der Waals surface area contributed by atoms with Gasteiger partial charge in [-0.25, -0.2) is 15.0 Å². The van der Waals surface area contributed by atoms with Gasteiger partial charge in [0.1, 0.15) is 5.69 Å². The van der Waals surface area contributed by atoms with E-state index < -0.39 is 0 Å². The van der Waals surface area contributed by atoms with E-state index in [0.29, 0.717) is 11.5 Å². The number of para-hydroxylation sites is 2. The average molecular weight is 253 g/mol. The minimum absolute atomic E-state index is 0.267. The molecule has 0 amide bonds. The molecule has 0 aliphatic rings. The Balaban J connectivity index is 2.35. The average Bonchev–Trinajstić information content (AvgIpc) is 2.78. The molecule has 2 heterocycles. The van der Waals surface area contributed by atoms with E-state index in [1.165, 1.54) is 0 Å². The van der Waals surface area contributed by atoms with Gasteiger partial charge in [-0.3, -0.25) is 0 Å². The molecule has 0 spiro atoms. The summed E-state index contributed by atoms with van der Waals surface area (Å²) in [6.07, 6.45) is 3.22. The lowest BCUT2D eigenvalue weighted by Crippen LogP contribution is -2.06. The molecular formula is C14H15N5. The molecule has 1 aromatic carbocycles. The molecule has 0 saturated heterocycles. The van der Waals surface area contributed by atoms with Gasteiger partial charge in [-0.05, 0) is 26.0 Å². The zero-order chi connectivity index (χ0) is 13.4. The largest absolute Gasteiger partial charge is 0.382 e. The number of fused-ring (bicyclic) bond motifs is 1. The Kier molecular flexibility index (Phi) is 2.67.